The molecule has 0 aliphatic rings. The summed E-state index contributed by atoms with van der Waals surface area (Å²) in [5.41, 5.74) is 2.62. The average Bonchev–Trinajstić information content (AvgIpc) is 2.41. The Morgan fingerprint density at radius 3 is 2.37 bits per heavy atom. The fourth-order valence-electron chi connectivity index (χ4n) is 2.00. The number of aryl methyl sites for hydroxylation is 1. The van der Waals surface area contributed by atoms with E-state index in [-0.39, 0.29) is 0 Å². The van der Waals surface area contributed by atoms with Gasteiger partial charge in [0.05, 0.1) is 10.5 Å². The van der Waals surface area contributed by atoms with Crippen LogP contribution >= 0.6 is 23.2 Å². The van der Waals surface area contributed by atoms with Crippen molar-refractivity contribution in [2.24, 2.45) is 0 Å². The quantitative estimate of drug-likeness (QED) is 0.636. The zero-order valence-corrected chi connectivity index (χ0v) is 11.7. The van der Waals surface area contributed by atoms with Gasteiger partial charge in [-0.2, -0.15) is 0 Å². The molecular formula is C15H10Cl2N2. The molecular weight excluding hydrogens is 279 g/mol. The van der Waals surface area contributed by atoms with E-state index in [0.29, 0.717) is 15.9 Å². The largest absolute Gasteiger partial charge is 0.233 e. The van der Waals surface area contributed by atoms with Crippen LogP contribution in [0.2, 0.25) is 10.0 Å². The first-order chi connectivity index (χ1) is 9.15. The molecule has 0 radical (unpaired) electrons. The van der Waals surface area contributed by atoms with E-state index >= 15 is 0 Å². The first-order valence-electron chi connectivity index (χ1n) is 5.84. The van der Waals surface area contributed by atoms with Gasteiger partial charge in [0.15, 0.2) is 5.82 Å². The van der Waals surface area contributed by atoms with Gasteiger partial charge in [0.2, 0.25) is 0 Å². The zero-order chi connectivity index (χ0) is 13.4. The lowest BCUT2D eigenvalue weighted by atomic mass is 10.1. The van der Waals surface area contributed by atoms with Crippen LogP contribution in [-0.2, 0) is 0 Å². The molecule has 0 aliphatic carbocycles. The van der Waals surface area contributed by atoms with Crippen LogP contribution in [0.25, 0.3) is 22.3 Å². The van der Waals surface area contributed by atoms with E-state index < -0.39 is 0 Å². The molecule has 0 fully saturated rings. The molecule has 0 atom stereocenters. The summed E-state index contributed by atoms with van der Waals surface area (Å²) >= 11 is 12.1. The van der Waals surface area contributed by atoms with Crippen molar-refractivity contribution in [2.75, 3.05) is 0 Å². The summed E-state index contributed by atoms with van der Waals surface area (Å²) in [6.45, 7) is 1.96. The van der Waals surface area contributed by atoms with Crippen LogP contribution in [0.15, 0.2) is 42.5 Å². The number of para-hydroxylation sites is 1. The van der Waals surface area contributed by atoms with Crippen molar-refractivity contribution in [3.05, 3.63) is 58.2 Å². The summed E-state index contributed by atoms with van der Waals surface area (Å²) < 4.78 is 0. The van der Waals surface area contributed by atoms with Crippen molar-refractivity contribution in [3.8, 4) is 11.4 Å². The van der Waals surface area contributed by atoms with Gasteiger partial charge in [-0.15, -0.1) is 0 Å². The number of benzene rings is 2. The van der Waals surface area contributed by atoms with Crippen LogP contribution in [0.1, 0.15) is 5.69 Å². The third-order valence-corrected chi connectivity index (χ3v) is 3.53. The molecule has 1 heterocycles. The monoisotopic (exact) mass is 288 g/mol. The molecule has 19 heavy (non-hydrogen) atoms. The molecule has 0 amide bonds. The fourth-order valence-corrected chi connectivity index (χ4v) is 2.34. The van der Waals surface area contributed by atoms with Gasteiger partial charge in [0.1, 0.15) is 0 Å². The smallest absolute Gasteiger partial charge is 0.160 e. The second-order valence-corrected chi connectivity index (χ2v) is 5.12. The van der Waals surface area contributed by atoms with Gasteiger partial charge in [0.25, 0.3) is 0 Å². The van der Waals surface area contributed by atoms with Crippen molar-refractivity contribution in [3.63, 3.8) is 0 Å². The minimum Gasteiger partial charge on any atom is -0.233 e. The average molecular weight is 289 g/mol. The molecule has 0 aliphatic heterocycles. The van der Waals surface area contributed by atoms with E-state index in [0.717, 1.165) is 22.2 Å². The van der Waals surface area contributed by atoms with Crippen molar-refractivity contribution in [1.29, 1.82) is 0 Å². The predicted octanol–water partition coefficient (Wildman–Crippen LogP) is 4.91. The maximum absolute atomic E-state index is 6.20. The molecule has 2 aromatic carbocycles. The van der Waals surface area contributed by atoms with Gasteiger partial charge in [-0.25, -0.2) is 9.97 Å². The second-order valence-electron chi connectivity index (χ2n) is 4.28. The number of hydrogen-bond acceptors (Lipinski definition) is 2. The van der Waals surface area contributed by atoms with Crippen molar-refractivity contribution in [1.82, 2.24) is 9.97 Å². The van der Waals surface area contributed by atoms with Crippen LogP contribution < -0.4 is 0 Å². The number of rotatable bonds is 1. The highest BCUT2D eigenvalue weighted by atomic mass is 35.5. The molecule has 0 N–H and O–H groups in total. The first-order valence-corrected chi connectivity index (χ1v) is 6.59. The highest BCUT2D eigenvalue weighted by Gasteiger charge is 2.08. The van der Waals surface area contributed by atoms with Gasteiger partial charge in [-0.05, 0) is 37.3 Å². The molecule has 3 aromatic rings. The van der Waals surface area contributed by atoms with E-state index in [1.807, 2.05) is 49.4 Å². The lowest BCUT2D eigenvalue weighted by molar-refractivity contribution is 1.16. The van der Waals surface area contributed by atoms with Crippen LogP contribution in [-0.4, -0.2) is 9.97 Å². The van der Waals surface area contributed by atoms with Gasteiger partial charge in [-0.3, -0.25) is 0 Å². The number of nitrogens with zero attached hydrogens (tertiary/aromatic N) is 2. The number of halogens is 2. The molecule has 0 saturated carbocycles. The van der Waals surface area contributed by atoms with E-state index in [4.69, 9.17) is 23.2 Å². The van der Waals surface area contributed by atoms with Gasteiger partial charge < -0.3 is 0 Å². The number of aromatic nitrogens is 2. The molecule has 0 saturated heterocycles. The molecule has 0 spiro atoms. The van der Waals surface area contributed by atoms with Gasteiger partial charge >= 0.3 is 0 Å². The number of hydrogen-bond donors (Lipinski definition) is 0. The lowest BCUT2D eigenvalue weighted by Crippen LogP contribution is -1.94. The maximum Gasteiger partial charge on any atom is 0.160 e. The lowest BCUT2D eigenvalue weighted by Gasteiger charge is -2.07. The summed E-state index contributed by atoms with van der Waals surface area (Å²) in [6.07, 6.45) is 0. The highest BCUT2D eigenvalue weighted by molar-refractivity contribution is 6.35. The summed E-state index contributed by atoms with van der Waals surface area (Å²) in [5.74, 6) is 0.662. The Morgan fingerprint density at radius 1 is 0.895 bits per heavy atom. The molecule has 2 nitrogen and oxygen atoms in total. The van der Waals surface area contributed by atoms with Crippen LogP contribution in [0.5, 0.6) is 0 Å². The van der Waals surface area contributed by atoms with Crippen LogP contribution in [0, 0.1) is 6.92 Å². The Balaban J connectivity index is 2.25. The Bertz CT molecular complexity index is 752. The van der Waals surface area contributed by atoms with Crippen molar-refractivity contribution < 1.29 is 0 Å². The Kier molecular flexibility index (Phi) is 3.13. The van der Waals surface area contributed by atoms with Crippen molar-refractivity contribution >= 4 is 34.1 Å². The number of fused-ring (bicyclic) bond motifs is 1. The Morgan fingerprint density at radius 2 is 1.63 bits per heavy atom. The third kappa shape index (κ3) is 2.29. The van der Waals surface area contributed by atoms with Gasteiger partial charge in [-0.1, -0.05) is 35.3 Å². The predicted molar refractivity (Wildman–Crippen MR) is 79.7 cm³/mol. The van der Waals surface area contributed by atoms with Crippen LogP contribution in [0.3, 0.4) is 0 Å². The topological polar surface area (TPSA) is 25.8 Å². The highest BCUT2D eigenvalue weighted by Crippen LogP contribution is 2.26. The Labute approximate surface area is 121 Å². The molecule has 94 valence electrons. The van der Waals surface area contributed by atoms with Crippen LogP contribution in [0.4, 0.5) is 0 Å². The SMILES string of the molecule is Cc1nc(-c2ccc(Cl)cc2)nc2c(Cl)cccc12. The van der Waals surface area contributed by atoms with E-state index in [2.05, 4.69) is 9.97 Å². The molecule has 0 unspecified atom stereocenters. The zero-order valence-electron chi connectivity index (χ0n) is 10.2. The summed E-state index contributed by atoms with van der Waals surface area (Å²) in [4.78, 5) is 9.08. The van der Waals surface area contributed by atoms with E-state index in [1.54, 1.807) is 0 Å². The minimum absolute atomic E-state index is 0.637. The Hall–Kier alpha value is -1.64. The second kappa shape index (κ2) is 4.80. The molecule has 3 rings (SSSR count). The van der Waals surface area contributed by atoms with E-state index in [1.165, 1.54) is 0 Å². The van der Waals surface area contributed by atoms with Gasteiger partial charge in [0, 0.05) is 21.7 Å². The molecule has 4 heteroatoms. The summed E-state index contributed by atoms with van der Waals surface area (Å²) in [7, 11) is 0. The van der Waals surface area contributed by atoms with E-state index in [9.17, 15) is 0 Å². The van der Waals surface area contributed by atoms with Crippen molar-refractivity contribution in [2.45, 2.75) is 6.92 Å². The maximum atomic E-state index is 6.20. The summed E-state index contributed by atoms with van der Waals surface area (Å²) in [5, 5.41) is 2.31. The third-order valence-electron chi connectivity index (χ3n) is 2.97. The normalized spacial score (nSPS) is 10.9. The summed E-state index contributed by atoms with van der Waals surface area (Å²) in [6, 6.07) is 13.2. The minimum atomic E-state index is 0.637. The standard InChI is InChI=1S/C15H10Cl2N2/c1-9-12-3-2-4-13(17)14(12)19-15(18-9)10-5-7-11(16)8-6-10/h2-8H,1H3. The molecule has 1 aromatic heterocycles. The molecule has 0 bridgehead atoms. The first kappa shape index (κ1) is 12.4. The fraction of sp³-hybridized carbons (Fsp3) is 0.0667.